The van der Waals surface area contributed by atoms with Crippen LogP contribution >= 0.6 is 11.3 Å². The average Bonchev–Trinajstić information content (AvgIpc) is 3.02. The van der Waals surface area contributed by atoms with E-state index in [1.54, 1.807) is 25.6 Å². The van der Waals surface area contributed by atoms with E-state index < -0.39 is 0 Å². The van der Waals surface area contributed by atoms with Crippen LogP contribution in [-0.2, 0) is 0 Å². The second-order valence-electron chi connectivity index (χ2n) is 4.90. The fraction of sp³-hybridized carbons (Fsp3) is 0.235. The van der Waals surface area contributed by atoms with Gasteiger partial charge in [-0.2, -0.15) is 0 Å². The Balaban J connectivity index is 2.12. The van der Waals surface area contributed by atoms with Gasteiger partial charge < -0.3 is 9.47 Å². The second kappa shape index (κ2) is 6.23. The van der Waals surface area contributed by atoms with Crippen molar-refractivity contribution in [1.82, 2.24) is 0 Å². The summed E-state index contributed by atoms with van der Waals surface area (Å²) in [5.41, 5.74) is 2.17. The minimum Gasteiger partial charge on any atom is -0.497 e. The number of nitrogens with one attached hydrogen (secondary N) is 2. The quantitative estimate of drug-likeness (QED) is 0.778. The molecule has 4 nitrogen and oxygen atoms in total. The number of thiazole rings is 1. The number of ether oxygens (including phenoxy) is 2. The van der Waals surface area contributed by atoms with Crippen LogP contribution in [0.25, 0.3) is 22.0 Å². The third kappa shape index (κ3) is 2.72. The summed E-state index contributed by atoms with van der Waals surface area (Å²) in [6, 6.07) is 10.2. The maximum atomic E-state index is 5.55. The third-order valence-corrected chi connectivity index (χ3v) is 4.37. The Morgan fingerprint density at radius 3 is 2.73 bits per heavy atom. The second-order valence-corrected chi connectivity index (χ2v) is 5.78. The molecule has 5 heteroatoms. The van der Waals surface area contributed by atoms with E-state index in [0.717, 1.165) is 45.2 Å². The van der Waals surface area contributed by atoms with E-state index in [0.29, 0.717) is 0 Å². The number of hydrogen-bond acceptors (Lipinski definition) is 4. The number of rotatable bonds is 5. The average molecular weight is 315 g/mol. The Morgan fingerprint density at radius 2 is 2.00 bits per heavy atom. The molecule has 1 aromatic heterocycles. The fourth-order valence-electron chi connectivity index (χ4n) is 2.45. The molecule has 3 aromatic rings. The third-order valence-electron chi connectivity index (χ3n) is 3.53. The zero-order valence-corrected chi connectivity index (χ0v) is 13.7. The smallest absolute Gasteiger partial charge is 0.332 e. The number of aromatic amines is 1. The zero-order chi connectivity index (χ0) is 15.5. The van der Waals surface area contributed by atoms with Crippen LogP contribution in [0.3, 0.4) is 0 Å². The van der Waals surface area contributed by atoms with Crippen LogP contribution in [0.15, 0.2) is 35.7 Å². The molecule has 0 saturated heterocycles. The molecule has 0 unspecified atom stereocenters. The molecule has 2 N–H and O–H groups in total. The Bertz CT molecular complexity index is 798. The van der Waals surface area contributed by atoms with Gasteiger partial charge in [0.1, 0.15) is 17.2 Å². The summed E-state index contributed by atoms with van der Waals surface area (Å²) >= 11 is 1.66. The number of aromatic nitrogens is 1. The summed E-state index contributed by atoms with van der Waals surface area (Å²) in [6.07, 6.45) is 0. The molecule has 3 rings (SSSR count). The van der Waals surface area contributed by atoms with Crippen molar-refractivity contribution in [3.63, 3.8) is 0 Å². The summed E-state index contributed by atoms with van der Waals surface area (Å²) in [5, 5.41) is 8.63. The van der Waals surface area contributed by atoms with Crippen LogP contribution in [0.4, 0.5) is 5.13 Å². The van der Waals surface area contributed by atoms with Crippen LogP contribution in [-0.4, -0.2) is 20.8 Å². The zero-order valence-electron chi connectivity index (χ0n) is 12.9. The largest absolute Gasteiger partial charge is 0.497 e. The maximum absolute atomic E-state index is 5.55. The molecule has 0 fully saturated rings. The lowest BCUT2D eigenvalue weighted by Crippen LogP contribution is -2.09. The van der Waals surface area contributed by atoms with Crippen molar-refractivity contribution in [3.8, 4) is 22.8 Å². The first kappa shape index (κ1) is 14.7. The number of benzene rings is 2. The first-order valence-electron chi connectivity index (χ1n) is 7.16. The van der Waals surface area contributed by atoms with E-state index in [1.807, 2.05) is 18.2 Å². The van der Waals surface area contributed by atoms with Gasteiger partial charge in [-0.25, -0.2) is 4.98 Å². The van der Waals surface area contributed by atoms with Crippen LogP contribution in [0.2, 0.25) is 0 Å². The van der Waals surface area contributed by atoms with Crippen molar-refractivity contribution in [2.24, 2.45) is 0 Å². The number of methoxy groups -OCH3 is 2. The lowest BCUT2D eigenvalue weighted by molar-refractivity contribution is -0.341. The van der Waals surface area contributed by atoms with Gasteiger partial charge in [0, 0.05) is 16.3 Å². The lowest BCUT2D eigenvalue weighted by atomic mass is 10.0. The first-order valence-corrected chi connectivity index (χ1v) is 8.04. The van der Waals surface area contributed by atoms with Crippen molar-refractivity contribution >= 4 is 27.2 Å². The lowest BCUT2D eigenvalue weighted by Gasteiger charge is -2.09. The summed E-state index contributed by atoms with van der Waals surface area (Å²) in [5.74, 6) is 1.70. The van der Waals surface area contributed by atoms with Crippen LogP contribution in [0.1, 0.15) is 6.92 Å². The summed E-state index contributed by atoms with van der Waals surface area (Å²) < 4.78 is 10.9. The van der Waals surface area contributed by atoms with Gasteiger partial charge in [0.05, 0.1) is 20.8 Å². The van der Waals surface area contributed by atoms with Crippen molar-refractivity contribution in [2.45, 2.75) is 6.92 Å². The number of hydrogen-bond donors (Lipinski definition) is 1. The van der Waals surface area contributed by atoms with Crippen molar-refractivity contribution in [1.29, 1.82) is 0 Å². The highest BCUT2D eigenvalue weighted by Gasteiger charge is 2.12. The van der Waals surface area contributed by atoms with Gasteiger partial charge in [0.2, 0.25) is 0 Å². The first-order chi connectivity index (χ1) is 10.7. The molecule has 114 valence electrons. The summed E-state index contributed by atoms with van der Waals surface area (Å²) in [7, 11) is 3.38. The molecule has 0 aliphatic heterocycles. The Hall–Kier alpha value is -2.27. The van der Waals surface area contributed by atoms with Gasteiger partial charge in [-0.3, -0.25) is 5.32 Å². The van der Waals surface area contributed by atoms with Gasteiger partial charge in [0.25, 0.3) is 0 Å². The van der Waals surface area contributed by atoms with Crippen molar-refractivity contribution < 1.29 is 14.5 Å². The van der Waals surface area contributed by atoms with E-state index >= 15 is 0 Å². The summed E-state index contributed by atoms with van der Waals surface area (Å²) in [4.78, 5) is 3.40. The molecular formula is C17H19N2O2S+. The fourth-order valence-corrected chi connectivity index (χ4v) is 3.28. The highest BCUT2D eigenvalue weighted by molar-refractivity contribution is 7.13. The minimum absolute atomic E-state index is 0.842. The van der Waals surface area contributed by atoms with Crippen LogP contribution in [0.5, 0.6) is 11.5 Å². The molecule has 0 aliphatic carbocycles. The van der Waals surface area contributed by atoms with Gasteiger partial charge in [-0.05, 0) is 42.6 Å². The van der Waals surface area contributed by atoms with E-state index in [9.17, 15) is 0 Å². The maximum Gasteiger partial charge on any atom is 0.332 e. The molecule has 2 aromatic carbocycles. The normalized spacial score (nSPS) is 10.7. The van der Waals surface area contributed by atoms with E-state index in [2.05, 4.69) is 34.7 Å². The van der Waals surface area contributed by atoms with Crippen LogP contribution in [0, 0.1) is 0 Å². The van der Waals surface area contributed by atoms with E-state index in [-0.39, 0.29) is 0 Å². The standard InChI is InChI=1S/C17H18N2O2S/c1-4-18-17-19-15(10-22-17)12-7-11-8-13(20-2)5-6-14(11)16(9-12)21-3/h5-10H,4H2,1-3H3,(H,18,19)/p+1. The van der Waals surface area contributed by atoms with Gasteiger partial charge in [0.15, 0.2) is 0 Å². The van der Waals surface area contributed by atoms with E-state index in [4.69, 9.17) is 9.47 Å². The molecule has 1 heterocycles. The molecule has 0 radical (unpaired) electrons. The Morgan fingerprint density at radius 1 is 1.14 bits per heavy atom. The molecule has 0 atom stereocenters. The molecule has 0 amide bonds. The highest BCUT2D eigenvalue weighted by atomic mass is 32.1. The molecule has 0 aliphatic rings. The monoisotopic (exact) mass is 315 g/mol. The molecular weight excluding hydrogens is 296 g/mol. The Labute approximate surface area is 133 Å². The molecule has 0 bridgehead atoms. The molecule has 0 saturated carbocycles. The Kier molecular flexibility index (Phi) is 4.15. The van der Waals surface area contributed by atoms with Crippen LogP contribution < -0.4 is 19.8 Å². The van der Waals surface area contributed by atoms with Crippen molar-refractivity contribution in [3.05, 3.63) is 35.7 Å². The predicted octanol–water partition coefficient (Wildman–Crippen LogP) is 3.83. The minimum atomic E-state index is 0.842. The van der Waals surface area contributed by atoms with Gasteiger partial charge in [-0.15, -0.1) is 0 Å². The predicted molar refractivity (Wildman–Crippen MR) is 91.1 cm³/mol. The SMILES string of the molecule is CCNc1[nH+]c(-c2cc(OC)c3ccc(OC)cc3c2)cs1. The molecule has 0 spiro atoms. The molecule has 22 heavy (non-hydrogen) atoms. The highest BCUT2D eigenvalue weighted by Crippen LogP contribution is 2.34. The topological polar surface area (TPSA) is 44.6 Å². The number of fused-ring (bicyclic) bond motifs is 1. The summed E-state index contributed by atoms with van der Waals surface area (Å²) in [6.45, 7) is 2.98. The number of H-pyrrole nitrogens is 1. The van der Waals surface area contributed by atoms with Gasteiger partial charge in [-0.1, -0.05) is 11.3 Å². The van der Waals surface area contributed by atoms with Crippen molar-refractivity contribution in [2.75, 3.05) is 26.1 Å². The van der Waals surface area contributed by atoms with E-state index in [1.165, 1.54) is 0 Å². The van der Waals surface area contributed by atoms with Gasteiger partial charge >= 0.3 is 5.13 Å². The number of anilines is 1.